The third kappa shape index (κ3) is 1.37. The van der Waals surface area contributed by atoms with Crippen molar-refractivity contribution in [2.75, 3.05) is 0 Å². The minimum atomic E-state index is 0.771. The highest BCUT2D eigenvalue weighted by Gasteiger charge is 2.06. The zero-order valence-corrected chi connectivity index (χ0v) is 8.99. The van der Waals surface area contributed by atoms with E-state index in [2.05, 4.69) is 22.0 Å². The Hall–Kier alpha value is -0.810. The van der Waals surface area contributed by atoms with Gasteiger partial charge in [-0.25, -0.2) is 0 Å². The number of hydrogen-bond acceptors (Lipinski definition) is 1. The van der Waals surface area contributed by atoms with Gasteiger partial charge in [-0.3, -0.25) is 0 Å². The number of rotatable bonds is 0. The molecule has 0 saturated carbocycles. The maximum Gasteiger partial charge on any atom is 0.0994 e. The maximum absolute atomic E-state index is 8.79. The second-order valence-corrected chi connectivity index (χ2v) is 3.71. The van der Waals surface area contributed by atoms with Crippen molar-refractivity contribution in [1.82, 2.24) is 0 Å². The van der Waals surface area contributed by atoms with Crippen LogP contribution in [0.1, 0.15) is 22.3 Å². The maximum atomic E-state index is 8.79. The quantitative estimate of drug-likeness (QED) is 0.663. The molecule has 0 aromatic heterocycles. The van der Waals surface area contributed by atoms with Crippen LogP contribution in [0.2, 0.25) is 0 Å². The van der Waals surface area contributed by atoms with Gasteiger partial charge in [0.1, 0.15) is 0 Å². The topological polar surface area (TPSA) is 23.8 Å². The number of aryl methyl sites for hydroxylation is 1. The van der Waals surface area contributed by atoms with E-state index in [1.54, 1.807) is 0 Å². The molecule has 0 bridgehead atoms. The number of nitriles is 1. The van der Waals surface area contributed by atoms with Crippen molar-refractivity contribution in [2.45, 2.75) is 20.8 Å². The van der Waals surface area contributed by atoms with Crippen molar-refractivity contribution >= 4 is 15.9 Å². The van der Waals surface area contributed by atoms with Gasteiger partial charge in [0, 0.05) is 4.47 Å². The van der Waals surface area contributed by atoms with Gasteiger partial charge in [-0.15, -0.1) is 0 Å². The average molecular weight is 224 g/mol. The van der Waals surface area contributed by atoms with Gasteiger partial charge in [-0.1, -0.05) is 15.9 Å². The molecule has 2 heteroatoms. The first-order chi connectivity index (χ1) is 5.57. The Morgan fingerprint density at radius 1 is 1.25 bits per heavy atom. The molecule has 0 heterocycles. The molecule has 0 aliphatic rings. The number of halogens is 1. The lowest BCUT2D eigenvalue weighted by molar-refractivity contribution is 1.24. The summed E-state index contributed by atoms with van der Waals surface area (Å²) in [6.07, 6.45) is 0. The van der Waals surface area contributed by atoms with Crippen molar-refractivity contribution < 1.29 is 0 Å². The summed E-state index contributed by atoms with van der Waals surface area (Å²) in [5, 5.41) is 8.79. The van der Waals surface area contributed by atoms with Gasteiger partial charge in [0.15, 0.2) is 0 Å². The summed E-state index contributed by atoms with van der Waals surface area (Å²) in [4.78, 5) is 0. The molecule has 1 nitrogen and oxygen atoms in total. The molecule has 62 valence electrons. The fourth-order valence-corrected chi connectivity index (χ4v) is 1.58. The molecule has 1 aromatic rings. The number of benzene rings is 1. The van der Waals surface area contributed by atoms with E-state index in [0.717, 1.165) is 26.7 Å². The Bertz CT molecular complexity index is 361. The molecule has 0 spiro atoms. The second-order valence-electron chi connectivity index (χ2n) is 2.92. The van der Waals surface area contributed by atoms with Crippen LogP contribution in [0.4, 0.5) is 0 Å². The third-order valence-electron chi connectivity index (χ3n) is 2.12. The molecule has 0 fully saturated rings. The normalized spacial score (nSPS) is 9.58. The highest BCUT2D eigenvalue weighted by Crippen LogP contribution is 2.25. The highest BCUT2D eigenvalue weighted by molar-refractivity contribution is 9.10. The van der Waals surface area contributed by atoms with E-state index < -0.39 is 0 Å². The van der Waals surface area contributed by atoms with E-state index in [-0.39, 0.29) is 0 Å². The second kappa shape index (κ2) is 3.28. The van der Waals surface area contributed by atoms with Crippen LogP contribution >= 0.6 is 15.9 Å². The molecule has 0 aliphatic carbocycles. The molecule has 0 saturated heterocycles. The third-order valence-corrected chi connectivity index (χ3v) is 3.34. The van der Waals surface area contributed by atoms with Crippen LogP contribution in [0.3, 0.4) is 0 Å². The smallest absolute Gasteiger partial charge is 0.0994 e. The Morgan fingerprint density at radius 3 is 2.33 bits per heavy atom. The Balaban J connectivity index is 3.52. The summed E-state index contributed by atoms with van der Waals surface area (Å²) in [6.45, 7) is 5.99. The molecule has 0 amide bonds. The van der Waals surface area contributed by atoms with Crippen LogP contribution in [0, 0.1) is 32.1 Å². The van der Waals surface area contributed by atoms with Crippen molar-refractivity contribution in [3.8, 4) is 6.07 Å². The highest BCUT2D eigenvalue weighted by atomic mass is 79.9. The molecular weight excluding hydrogens is 214 g/mol. The lowest BCUT2D eigenvalue weighted by Crippen LogP contribution is -1.91. The van der Waals surface area contributed by atoms with Crippen molar-refractivity contribution in [1.29, 1.82) is 5.26 Å². The minimum Gasteiger partial charge on any atom is -0.192 e. The van der Waals surface area contributed by atoms with Gasteiger partial charge in [0.2, 0.25) is 0 Å². The summed E-state index contributed by atoms with van der Waals surface area (Å²) < 4.78 is 1.11. The first-order valence-electron chi connectivity index (χ1n) is 3.74. The number of hydrogen-bond donors (Lipinski definition) is 0. The van der Waals surface area contributed by atoms with Crippen molar-refractivity contribution in [3.05, 3.63) is 32.8 Å². The van der Waals surface area contributed by atoms with E-state index in [1.165, 1.54) is 0 Å². The lowest BCUT2D eigenvalue weighted by Gasteiger charge is -2.07. The van der Waals surface area contributed by atoms with Crippen LogP contribution in [0.15, 0.2) is 10.5 Å². The standard InChI is InChI=1S/C10H10BrN/c1-6-4-9(5-12)7(2)8(3)10(6)11/h4H,1-3H3. The molecule has 0 unspecified atom stereocenters. The summed E-state index contributed by atoms with van der Waals surface area (Å²) in [5.74, 6) is 0. The lowest BCUT2D eigenvalue weighted by atomic mass is 10.0. The number of nitrogens with zero attached hydrogens (tertiary/aromatic N) is 1. The van der Waals surface area contributed by atoms with Gasteiger partial charge in [-0.05, 0) is 43.5 Å². The van der Waals surface area contributed by atoms with Crippen LogP contribution in [-0.4, -0.2) is 0 Å². The molecule has 0 N–H and O–H groups in total. The molecule has 12 heavy (non-hydrogen) atoms. The van der Waals surface area contributed by atoms with E-state index in [0.29, 0.717) is 0 Å². The Morgan fingerprint density at radius 2 is 1.83 bits per heavy atom. The molecule has 0 radical (unpaired) electrons. The molecule has 0 aliphatic heterocycles. The zero-order valence-electron chi connectivity index (χ0n) is 7.40. The predicted octanol–water partition coefficient (Wildman–Crippen LogP) is 3.25. The summed E-state index contributed by atoms with van der Waals surface area (Å²) in [5.41, 5.74) is 4.12. The summed E-state index contributed by atoms with van der Waals surface area (Å²) in [6, 6.07) is 4.09. The van der Waals surface area contributed by atoms with E-state index in [9.17, 15) is 0 Å². The van der Waals surface area contributed by atoms with Gasteiger partial charge >= 0.3 is 0 Å². The van der Waals surface area contributed by atoms with Gasteiger partial charge < -0.3 is 0 Å². The summed E-state index contributed by atoms with van der Waals surface area (Å²) in [7, 11) is 0. The zero-order chi connectivity index (χ0) is 9.30. The van der Waals surface area contributed by atoms with Crippen molar-refractivity contribution in [3.63, 3.8) is 0 Å². The van der Waals surface area contributed by atoms with E-state index >= 15 is 0 Å². The first-order valence-corrected chi connectivity index (χ1v) is 4.53. The van der Waals surface area contributed by atoms with Crippen LogP contribution < -0.4 is 0 Å². The van der Waals surface area contributed by atoms with Crippen LogP contribution in [0.25, 0.3) is 0 Å². The molecule has 1 aromatic carbocycles. The largest absolute Gasteiger partial charge is 0.192 e. The van der Waals surface area contributed by atoms with Gasteiger partial charge in [0.05, 0.1) is 11.6 Å². The Labute approximate surface area is 81.2 Å². The minimum absolute atomic E-state index is 0.771. The van der Waals surface area contributed by atoms with Gasteiger partial charge in [0.25, 0.3) is 0 Å². The monoisotopic (exact) mass is 223 g/mol. The molecular formula is C10H10BrN. The van der Waals surface area contributed by atoms with Crippen LogP contribution in [-0.2, 0) is 0 Å². The average Bonchev–Trinajstić information content (AvgIpc) is 2.08. The van der Waals surface area contributed by atoms with E-state index in [1.807, 2.05) is 26.8 Å². The van der Waals surface area contributed by atoms with E-state index in [4.69, 9.17) is 5.26 Å². The summed E-state index contributed by atoms with van der Waals surface area (Å²) >= 11 is 3.48. The fourth-order valence-electron chi connectivity index (χ4n) is 1.17. The molecule has 0 atom stereocenters. The Kier molecular flexibility index (Phi) is 2.54. The van der Waals surface area contributed by atoms with Crippen molar-refractivity contribution in [2.24, 2.45) is 0 Å². The fraction of sp³-hybridized carbons (Fsp3) is 0.300. The molecule has 1 rings (SSSR count). The predicted molar refractivity (Wildman–Crippen MR) is 53.1 cm³/mol. The van der Waals surface area contributed by atoms with Gasteiger partial charge in [-0.2, -0.15) is 5.26 Å². The van der Waals surface area contributed by atoms with Crippen LogP contribution in [0.5, 0.6) is 0 Å². The first kappa shape index (κ1) is 9.28. The SMILES string of the molecule is Cc1cc(C#N)c(C)c(C)c1Br.